The first kappa shape index (κ1) is 13.5. The van der Waals surface area contributed by atoms with E-state index in [0.717, 1.165) is 0 Å². The smallest absolute Gasteiger partial charge is 0.335 e. The first-order valence-corrected chi connectivity index (χ1v) is 5.18. The average Bonchev–Trinajstić information content (AvgIpc) is 2.37. The van der Waals surface area contributed by atoms with E-state index in [0.29, 0.717) is 5.69 Å². The van der Waals surface area contributed by atoms with Crippen molar-refractivity contribution in [2.75, 3.05) is 25.5 Å². The van der Waals surface area contributed by atoms with E-state index in [-0.39, 0.29) is 23.6 Å². The molecule has 1 aromatic rings. The Balaban J connectivity index is 3.06. The molecule has 0 saturated heterocycles. The van der Waals surface area contributed by atoms with Crippen LogP contribution in [0.5, 0.6) is 0 Å². The molecule has 94 valence electrons. The molecule has 0 spiro atoms. The van der Waals surface area contributed by atoms with Crippen molar-refractivity contribution in [3.63, 3.8) is 0 Å². The van der Waals surface area contributed by atoms with Crippen LogP contribution >= 0.6 is 0 Å². The summed E-state index contributed by atoms with van der Waals surface area (Å²) in [6.45, 7) is 0.0948. The number of hydrogen-bond acceptors (Lipinski definition) is 4. The molecule has 1 amide bonds. The fourth-order valence-electron chi connectivity index (χ4n) is 1.47. The van der Waals surface area contributed by atoms with Crippen LogP contribution in [0, 0.1) is 11.3 Å². The Morgan fingerprint density at radius 2 is 2.17 bits per heavy atom. The quantitative estimate of drug-likeness (QED) is 0.805. The predicted molar refractivity (Wildman–Crippen MR) is 65.5 cm³/mol. The van der Waals surface area contributed by atoms with Gasteiger partial charge in [-0.2, -0.15) is 5.26 Å². The third-order valence-corrected chi connectivity index (χ3v) is 2.43. The summed E-state index contributed by atoms with van der Waals surface area (Å²) < 4.78 is 0. The number of aromatic carboxylic acids is 1. The van der Waals surface area contributed by atoms with Gasteiger partial charge in [0, 0.05) is 14.1 Å². The standard InChI is InChI=1S/C12H13N3O3/c1-14-11(16)7-15(2)10-4-3-8(12(17)18)5-9(10)6-13/h3-5H,7H2,1-2H3,(H,14,16)(H,17,18). The van der Waals surface area contributed by atoms with Gasteiger partial charge in [0.15, 0.2) is 0 Å². The summed E-state index contributed by atoms with van der Waals surface area (Å²) in [7, 11) is 3.18. The Labute approximate surface area is 104 Å². The van der Waals surface area contributed by atoms with Crippen molar-refractivity contribution in [2.24, 2.45) is 0 Å². The summed E-state index contributed by atoms with van der Waals surface area (Å²) in [5, 5.41) is 20.3. The zero-order valence-corrected chi connectivity index (χ0v) is 10.1. The molecule has 6 nitrogen and oxygen atoms in total. The summed E-state index contributed by atoms with van der Waals surface area (Å²) in [4.78, 5) is 23.6. The van der Waals surface area contributed by atoms with Crippen LogP contribution < -0.4 is 10.2 Å². The van der Waals surface area contributed by atoms with Gasteiger partial charge < -0.3 is 15.3 Å². The van der Waals surface area contributed by atoms with Crippen molar-refractivity contribution in [3.05, 3.63) is 29.3 Å². The van der Waals surface area contributed by atoms with Crippen molar-refractivity contribution >= 4 is 17.6 Å². The first-order valence-electron chi connectivity index (χ1n) is 5.18. The minimum absolute atomic E-state index is 0.0450. The van der Waals surface area contributed by atoms with Crippen molar-refractivity contribution in [2.45, 2.75) is 0 Å². The number of carboxylic acid groups (broad SMARTS) is 1. The largest absolute Gasteiger partial charge is 0.478 e. The van der Waals surface area contributed by atoms with Gasteiger partial charge in [-0.3, -0.25) is 4.79 Å². The molecular formula is C12H13N3O3. The second-order valence-electron chi connectivity index (χ2n) is 3.68. The number of likely N-dealkylation sites (N-methyl/N-ethyl adjacent to an activating group) is 2. The van der Waals surface area contributed by atoms with Crippen LogP contribution in [0.2, 0.25) is 0 Å². The summed E-state index contributed by atoms with van der Waals surface area (Å²) in [5.41, 5.74) is 0.788. The van der Waals surface area contributed by atoms with Gasteiger partial charge in [0.25, 0.3) is 0 Å². The van der Waals surface area contributed by atoms with Crippen LogP contribution in [-0.4, -0.2) is 37.6 Å². The number of benzene rings is 1. The highest BCUT2D eigenvalue weighted by Gasteiger charge is 2.13. The molecule has 0 fully saturated rings. The van der Waals surface area contributed by atoms with Gasteiger partial charge >= 0.3 is 5.97 Å². The highest BCUT2D eigenvalue weighted by atomic mass is 16.4. The number of nitrogens with one attached hydrogen (secondary N) is 1. The van der Waals surface area contributed by atoms with Gasteiger partial charge in [-0.25, -0.2) is 4.79 Å². The van der Waals surface area contributed by atoms with Crippen LogP contribution in [0.4, 0.5) is 5.69 Å². The third kappa shape index (κ3) is 2.98. The summed E-state index contributed by atoms with van der Waals surface area (Å²) in [6, 6.07) is 6.14. The minimum Gasteiger partial charge on any atom is -0.478 e. The zero-order chi connectivity index (χ0) is 13.7. The van der Waals surface area contributed by atoms with E-state index in [1.54, 1.807) is 11.9 Å². The molecule has 0 unspecified atom stereocenters. The second kappa shape index (κ2) is 5.68. The SMILES string of the molecule is CNC(=O)CN(C)c1ccc(C(=O)O)cc1C#N. The molecule has 0 heterocycles. The minimum atomic E-state index is -1.09. The van der Waals surface area contributed by atoms with E-state index in [1.165, 1.54) is 25.2 Å². The highest BCUT2D eigenvalue weighted by molar-refractivity contribution is 5.89. The number of hydrogen-bond donors (Lipinski definition) is 2. The molecule has 0 aliphatic carbocycles. The van der Waals surface area contributed by atoms with Crippen molar-refractivity contribution < 1.29 is 14.7 Å². The molecule has 1 rings (SSSR count). The number of nitrogens with zero attached hydrogens (tertiary/aromatic N) is 2. The molecule has 0 atom stereocenters. The molecule has 2 N–H and O–H groups in total. The number of carbonyl (C=O) groups is 2. The fourth-order valence-corrected chi connectivity index (χ4v) is 1.47. The summed E-state index contributed by atoms with van der Waals surface area (Å²) in [6.07, 6.45) is 0. The van der Waals surface area contributed by atoms with Gasteiger partial charge in [-0.05, 0) is 18.2 Å². The first-order chi connectivity index (χ1) is 8.49. The summed E-state index contributed by atoms with van der Waals surface area (Å²) >= 11 is 0. The fraction of sp³-hybridized carbons (Fsp3) is 0.250. The highest BCUT2D eigenvalue weighted by Crippen LogP contribution is 2.20. The third-order valence-electron chi connectivity index (χ3n) is 2.43. The summed E-state index contributed by atoms with van der Waals surface area (Å²) in [5.74, 6) is -1.28. The van der Waals surface area contributed by atoms with Gasteiger partial charge in [-0.1, -0.05) is 0 Å². The molecule has 0 aromatic heterocycles. The molecule has 0 aliphatic rings. The lowest BCUT2D eigenvalue weighted by Crippen LogP contribution is -2.33. The molecule has 0 aliphatic heterocycles. The maximum Gasteiger partial charge on any atom is 0.335 e. The second-order valence-corrected chi connectivity index (χ2v) is 3.68. The normalized spacial score (nSPS) is 9.39. The van der Waals surface area contributed by atoms with E-state index >= 15 is 0 Å². The number of rotatable bonds is 4. The Kier molecular flexibility index (Phi) is 4.27. The number of carbonyl (C=O) groups excluding carboxylic acids is 1. The zero-order valence-electron chi connectivity index (χ0n) is 10.1. The van der Waals surface area contributed by atoms with Crippen molar-refractivity contribution in [1.82, 2.24) is 5.32 Å². The number of carboxylic acids is 1. The van der Waals surface area contributed by atoms with Gasteiger partial charge in [0.05, 0.1) is 23.4 Å². The molecule has 0 bridgehead atoms. The Morgan fingerprint density at radius 1 is 1.50 bits per heavy atom. The van der Waals surface area contributed by atoms with E-state index in [1.807, 2.05) is 6.07 Å². The lowest BCUT2D eigenvalue weighted by atomic mass is 10.1. The average molecular weight is 247 g/mol. The Bertz CT molecular complexity index is 520. The van der Waals surface area contributed by atoms with E-state index in [4.69, 9.17) is 10.4 Å². The molecule has 6 heteroatoms. The van der Waals surface area contributed by atoms with Gasteiger partial charge in [0.2, 0.25) is 5.91 Å². The van der Waals surface area contributed by atoms with E-state index < -0.39 is 5.97 Å². The lowest BCUT2D eigenvalue weighted by molar-refractivity contribution is -0.119. The van der Waals surface area contributed by atoms with Crippen LogP contribution in [0.1, 0.15) is 15.9 Å². The van der Waals surface area contributed by atoms with Crippen LogP contribution in [0.15, 0.2) is 18.2 Å². The van der Waals surface area contributed by atoms with Crippen molar-refractivity contribution in [3.8, 4) is 6.07 Å². The number of nitriles is 1. The van der Waals surface area contributed by atoms with E-state index in [2.05, 4.69) is 5.32 Å². The number of amides is 1. The van der Waals surface area contributed by atoms with Crippen LogP contribution in [0.25, 0.3) is 0 Å². The Morgan fingerprint density at radius 3 is 2.67 bits per heavy atom. The van der Waals surface area contributed by atoms with Gasteiger partial charge in [0.1, 0.15) is 6.07 Å². The molecule has 1 aromatic carbocycles. The topological polar surface area (TPSA) is 93.4 Å². The molecule has 0 saturated carbocycles. The maximum absolute atomic E-state index is 11.2. The molecule has 18 heavy (non-hydrogen) atoms. The number of anilines is 1. The molecule has 0 radical (unpaired) electrons. The van der Waals surface area contributed by atoms with E-state index in [9.17, 15) is 9.59 Å². The maximum atomic E-state index is 11.2. The van der Waals surface area contributed by atoms with Crippen LogP contribution in [0.3, 0.4) is 0 Å². The Hall–Kier alpha value is -2.55. The molecular weight excluding hydrogens is 234 g/mol. The van der Waals surface area contributed by atoms with Crippen molar-refractivity contribution in [1.29, 1.82) is 5.26 Å². The lowest BCUT2D eigenvalue weighted by Gasteiger charge is -2.19. The monoisotopic (exact) mass is 247 g/mol. The van der Waals surface area contributed by atoms with Gasteiger partial charge in [-0.15, -0.1) is 0 Å². The van der Waals surface area contributed by atoms with Crippen LogP contribution in [-0.2, 0) is 4.79 Å². The predicted octanol–water partition coefficient (Wildman–Crippen LogP) is 0.439.